The molecular formula is C23H28N2O8. The number of rotatable bonds is 6. The van der Waals surface area contributed by atoms with E-state index in [9.17, 15) is 4.79 Å². The number of carbonyl (C=O) groups is 3. The topological polar surface area (TPSA) is 126 Å². The van der Waals surface area contributed by atoms with Gasteiger partial charge in [-0.15, -0.1) is 0 Å². The highest BCUT2D eigenvalue weighted by Gasteiger charge is 2.24. The quantitative estimate of drug-likeness (QED) is 0.621. The summed E-state index contributed by atoms with van der Waals surface area (Å²) in [5.41, 5.74) is 1.78. The molecule has 0 atom stereocenters. The van der Waals surface area contributed by atoms with Crippen molar-refractivity contribution in [2.24, 2.45) is 0 Å². The number of carbonyl (C=O) groups excluding carboxylic acids is 1. The molecule has 1 amide bonds. The molecule has 2 aromatic carbocycles. The van der Waals surface area contributed by atoms with Gasteiger partial charge in [0.2, 0.25) is 0 Å². The number of benzene rings is 2. The summed E-state index contributed by atoms with van der Waals surface area (Å²) in [5, 5.41) is 14.8. The van der Waals surface area contributed by atoms with E-state index in [0.29, 0.717) is 24.4 Å². The van der Waals surface area contributed by atoms with Gasteiger partial charge < -0.3 is 29.3 Å². The highest BCUT2D eigenvalue weighted by molar-refractivity contribution is 6.27. The number of carboxylic acids is 2. The standard InChI is InChI=1S/C21H26N2O4.C2H2O4/c1-25-18-7-5-4-6-17(18)21(24)23-12-10-22(11-13-23)15-16-8-9-19(26-2)20(14-16)27-3;3-1(4)2(5)6/h4-9,14H,10-13,15H2,1-3H3;(H,3,4)(H,5,6). The minimum atomic E-state index is -1.82. The Bertz CT molecular complexity index is 959. The Morgan fingerprint density at radius 2 is 1.36 bits per heavy atom. The Labute approximate surface area is 191 Å². The lowest BCUT2D eigenvalue weighted by Gasteiger charge is -2.35. The molecule has 1 aliphatic rings. The van der Waals surface area contributed by atoms with Gasteiger partial charge >= 0.3 is 11.9 Å². The van der Waals surface area contributed by atoms with E-state index in [0.717, 1.165) is 36.7 Å². The van der Waals surface area contributed by atoms with Crippen LogP contribution in [0.5, 0.6) is 17.2 Å². The molecule has 10 nitrogen and oxygen atoms in total. The maximum atomic E-state index is 12.8. The number of aliphatic carboxylic acids is 2. The maximum absolute atomic E-state index is 12.8. The van der Waals surface area contributed by atoms with E-state index < -0.39 is 11.9 Å². The number of para-hydroxylation sites is 1. The number of hydrogen-bond donors (Lipinski definition) is 2. The first-order valence-corrected chi connectivity index (χ1v) is 10.1. The molecule has 2 N–H and O–H groups in total. The van der Waals surface area contributed by atoms with Crippen LogP contribution in [-0.2, 0) is 16.1 Å². The van der Waals surface area contributed by atoms with Crippen LogP contribution < -0.4 is 14.2 Å². The number of hydrogen-bond acceptors (Lipinski definition) is 7. The van der Waals surface area contributed by atoms with Crippen LogP contribution in [0.15, 0.2) is 42.5 Å². The Balaban J connectivity index is 0.000000569. The summed E-state index contributed by atoms with van der Waals surface area (Å²) in [6, 6.07) is 13.4. The molecule has 10 heteroatoms. The van der Waals surface area contributed by atoms with Crippen LogP contribution >= 0.6 is 0 Å². The molecule has 1 fully saturated rings. The van der Waals surface area contributed by atoms with Gasteiger partial charge in [-0.1, -0.05) is 18.2 Å². The second-order valence-electron chi connectivity index (χ2n) is 7.07. The van der Waals surface area contributed by atoms with Gasteiger partial charge in [-0.25, -0.2) is 9.59 Å². The highest BCUT2D eigenvalue weighted by Crippen LogP contribution is 2.28. The summed E-state index contributed by atoms with van der Waals surface area (Å²) in [4.78, 5) is 35.2. The third-order valence-corrected chi connectivity index (χ3v) is 5.03. The molecule has 0 unspecified atom stereocenters. The van der Waals surface area contributed by atoms with Gasteiger partial charge in [0.25, 0.3) is 5.91 Å². The lowest BCUT2D eigenvalue weighted by atomic mass is 10.1. The normalized spacial score (nSPS) is 13.4. The van der Waals surface area contributed by atoms with Crippen molar-refractivity contribution in [1.29, 1.82) is 0 Å². The molecule has 0 aliphatic carbocycles. The predicted octanol–water partition coefficient (Wildman–Crippen LogP) is 1.83. The van der Waals surface area contributed by atoms with Crippen LogP contribution in [-0.4, -0.2) is 85.4 Å². The summed E-state index contributed by atoms with van der Waals surface area (Å²) in [6.45, 7) is 3.87. The number of amides is 1. The second-order valence-corrected chi connectivity index (χ2v) is 7.07. The monoisotopic (exact) mass is 460 g/mol. The molecule has 3 rings (SSSR count). The van der Waals surface area contributed by atoms with Gasteiger partial charge in [-0.3, -0.25) is 9.69 Å². The Morgan fingerprint density at radius 3 is 1.91 bits per heavy atom. The van der Waals surface area contributed by atoms with E-state index in [-0.39, 0.29) is 5.91 Å². The van der Waals surface area contributed by atoms with Crippen LogP contribution in [0.1, 0.15) is 15.9 Å². The fourth-order valence-electron chi connectivity index (χ4n) is 3.34. The zero-order chi connectivity index (χ0) is 24.4. The van der Waals surface area contributed by atoms with Crippen molar-refractivity contribution in [3.8, 4) is 17.2 Å². The first-order valence-electron chi connectivity index (χ1n) is 10.1. The molecule has 1 saturated heterocycles. The molecule has 1 aliphatic heterocycles. The lowest BCUT2D eigenvalue weighted by molar-refractivity contribution is -0.159. The van der Waals surface area contributed by atoms with Gasteiger partial charge in [-0.2, -0.15) is 0 Å². The summed E-state index contributed by atoms with van der Waals surface area (Å²) in [7, 11) is 4.87. The van der Waals surface area contributed by atoms with Gasteiger partial charge in [0.1, 0.15) is 5.75 Å². The van der Waals surface area contributed by atoms with Crippen LogP contribution in [0, 0.1) is 0 Å². The molecular weight excluding hydrogens is 432 g/mol. The lowest BCUT2D eigenvalue weighted by Crippen LogP contribution is -2.48. The van der Waals surface area contributed by atoms with Crippen molar-refractivity contribution >= 4 is 17.8 Å². The number of ether oxygens (including phenoxy) is 3. The van der Waals surface area contributed by atoms with E-state index in [4.69, 9.17) is 34.0 Å². The SMILES string of the molecule is COc1ccc(CN2CCN(C(=O)c3ccccc3OC)CC2)cc1OC.O=C(O)C(=O)O. The van der Waals surface area contributed by atoms with Crippen LogP contribution in [0.4, 0.5) is 0 Å². The van der Waals surface area contributed by atoms with Crippen molar-refractivity contribution < 1.29 is 38.8 Å². The highest BCUT2D eigenvalue weighted by atomic mass is 16.5. The zero-order valence-electron chi connectivity index (χ0n) is 18.8. The Hall–Kier alpha value is -3.79. The van der Waals surface area contributed by atoms with Gasteiger partial charge in [0.15, 0.2) is 11.5 Å². The molecule has 0 radical (unpaired) electrons. The molecule has 0 spiro atoms. The van der Waals surface area contributed by atoms with Crippen molar-refractivity contribution in [3.63, 3.8) is 0 Å². The molecule has 0 saturated carbocycles. The van der Waals surface area contributed by atoms with Gasteiger partial charge in [0, 0.05) is 32.7 Å². The zero-order valence-corrected chi connectivity index (χ0v) is 18.8. The summed E-state index contributed by atoms with van der Waals surface area (Å²) in [6.07, 6.45) is 0. The summed E-state index contributed by atoms with van der Waals surface area (Å²) in [5.74, 6) is -1.54. The Kier molecular flexibility index (Phi) is 9.49. The van der Waals surface area contributed by atoms with E-state index in [2.05, 4.69) is 4.90 Å². The van der Waals surface area contributed by atoms with Crippen molar-refractivity contribution in [1.82, 2.24) is 9.80 Å². The van der Waals surface area contributed by atoms with Crippen LogP contribution in [0.25, 0.3) is 0 Å². The van der Waals surface area contributed by atoms with Gasteiger partial charge in [-0.05, 0) is 29.8 Å². The average molecular weight is 460 g/mol. The third kappa shape index (κ3) is 7.11. The smallest absolute Gasteiger partial charge is 0.414 e. The second kappa shape index (κ2) is 12.3. The number of methoxy groups -OCH3 is 3. The van der Waals surface area contributed by atoms with Crippen LogP contribution in [0.2, 0.25) is 0 Å². The summed E-state index contributed by atoms with van der Waals surface area (Å²) >= 11 is 0. The van der Waals surface area contributed by atoms with Crippen LogP contribution in [0.3, 0.4) is 0 Å². The molecule has 2 aromatic rings. The largest absolute Gasteiger partial charge is 0.496 e. The fraction of sp³-hybridized carbons (Fsp3) is 0.348. The first-order chi connectivity index (χ1) is 15.8. The average Bonchev–Trinajstić information content (AvgIpc) is 2.84. The van der Waals surface area contributed by atoms with Crippen molar-refractivity contribution in [2.45, 2.75) is 6.54 Å². The third-order valence-electron chi connectivity index (χ3n) is 5.03. The number of nitrogens with zero attached hydrogens (tertiary/aromatic N) is 2. The predicted molar refractivity (Wildman–Crippen MR) is 119 cm³/mol. The van der Waals surface area contributed by atoms with E-state index in [1.54, 1.807) is 21.3 Å². The minimum absolute atomic E-state index is 0.0261. The Morgan fingerprint density at radius 1 is 0.788 bits per heavy atom. The summed E-state index contributed by atoms with van der Waals surface area (Å²) < 4.78 is 16.0. The first kappa shape index (κ1) is 25.5. The van der Waals surface area contributed by atoms with Gasteiger partial charge in [0.05, 0.1) is 26.9 Å². The molecule has 0 aromatic heterocycles. The molecule has 0 bridgehead atoms. The molecule has 1 heterocycles. The molecule has 178 valence electrons. The number of carboxylic acid groups (broad SMARTS) is 2. The van der Waals surface area contributed by atoms with Crippen molar-refractivity contribution in [3.05, 3.63) is 53.6 Å². The van der Waals surface area contributed by atoms with E-state index in [1.807, 2.05) is 47.4 Å². The number of piperazine rings is 1. The fourth-order valence-corrected chi connectivity index (χ4v) is 3.34. The van der Waals surface area contributed by atoms with E-state index in [1.165, 1.54) is 0 Å². The minimum Gasteiger partial charge on any atom is -0.496 e. The van der Waals surface area contributed by atoms with E-state index >= 15 is 0 Å². The maximum Gasteiger partial charge on any atom is 0.414 e. The molecule has 33 heavy (non-hydrogen) atoms. The van der Waals surface area contributed by atoms with Crippen molar-refractivity contribution in [2.75, 3.05) is 47.5 Å².